The first-order chi connectivity index (χ1) is 9.74. The average Bonchev–Trinajstić information content (AvgIpc) is 2.93. The highest BCUT2D eigenvalue weighted by Gasteiger charge is 1.99. The molecule has 0 spiro atoms. The Morgan fingerprint density at radius 2 is 2.00 bits per heavy atom. The zero-order valence-corrected chi connectivity index (χ0v) is 13.0. The van der Waals surface area contributed by atoms with Gasteiger partial charge in [-0.3, -0.25) is 0 Å². The molecule has 108 valence electrons. The summed E-state index contributed by atoms with van der Waals surface area (Å²) < 4.78 is 5.71. The van der Waals surface area contributed by atoms with Crippen LogP contribution in [0.2, 0.25) is 0 Å². The second kappa shape index (κ2) is 8.02. The van der Waals surface area contributed by atoms with Gasteiger partial charge in [0.25, 0.3) is 0 Å². The molecule has 0 aliphatic rings. The van der Waals surface area contributed by atoms with Crippen LogP contribution in [-0.2, 0) is 13.1 Å². The van der Waals surface area contributed by atoms with Crippen molar-refractivity contribution in [3.05, 3.63) is 46.4 Å². The summed E-state index contributed by atoms with van der Waals surface area (Å²) in [6, 6.07) is 8.31. The monoisotopic (exact) mass is 290 g/mol. The normalized spacial score (nSPS) is 10.9. The minimum absolute atomic E-state index is 0.685. The molecule has 0 bridgehead atoms. The molecule has 1 heterocycles. The van der Waals surface area contributed by atoms with Crippen LogP contribution >= 0.6 is 11.3 Å². The average molecular weight is 290 g/mol. The van der Waals surface area contributed by atoms with E-state index in [9.17, 15) is 0 Å². The molecule has 1 N–H and O–H groups in total. The maximum atomic E-state index is 5.71. The van der Waals surface area contributed by atoms with Gasteiger partial charge in [0, 0.05) is 24.7 Å². The number of thiazole rings is 1. The van der Waals surface area contributed by atoms with Crippen molar-refractivity contribution in [2.75, 3.05) is 6.61 Å². The van der Waals surface area contributed by atoms with Crippen LogP contribution < -0.4 is 10.1 Å². The zero-order chi connectivity index (χ0) is 14.2. The van der Waals surface area contributed by atoms with Gasteiger partial charge in [0.15, 0.2) is 0 Å². The van der Waals surface area contributed by atoms with E-state index in [1.807, 2.05) is 23.7 Å². The van der Waals surface area contributed by atoms with Gasteiger partial charge in [-0.25, -0.2) is 4.98 Å². The molecular weight excluding hydrogens is 268 g/mol. The van der Waals surface area contributed by atoms with Gasteiger partial charge < -0.3 is 10.1 Å². The van der Waals surface area contributed by atoms with Crippen molar-refractivity contribution < 1.29 is 4.74 Å². The van der Waals surface area contributed by atoms with Crippen molar-refractivity contribution in [1.82, 2.24) is 10.3 Å². The lowest BCUT2D eigenvalue weighted by atomic mass is 10.1. The maximum absolute atomic E-state index is 5.71. The van der Waals surface area contributed by atoms with Gasteiger partial charge in [-0.15, -0.1) is 11.3 Å². The molecule has 0 fully saturated rings. The largest absolute Gasteiger partial charge is 0.494 e. The summed E-state index contributed by atoms with van der Waals surface area (Å²) in [6.45, 7) is 6.89. The van der Waals surface area contributed by atoms with Crippen molar-refractivity contribution in [1.29, 1.82) is 0 Å². The van der Waals surface area contributed by atoms with Crippen LogP contribution in [0.4, 0.5) is 0 Å². The molecule has 0 aliphatic heterocycles. The van der Waals surface area contributed by atoms with Crippen molar-refractivity contribution in [3.8, 4) is 5.75 Å². The van der Waals surface area contributed by atoms with Crippen molar-refractivity contribution in [3.63, 3.8) is 0 Å². The summed E-state index contributed by atoms with van der Waals surface area (Å²) in [5, 5.41) is 6.51. The number of aromatic nitrogens is 1. The Morgan fingerprint density at radius 1 is 1.20 bits per heavy atom. The third-order valence-corrected chi connectivity index (χ3v) is 3.76. The van der Waals surface area contributed by atoms with Crippen molar-refractivity contribution >= 4 is 11.3 Å². The first-order valence-electron chi connectivity index (χ1n) is 7.05. The SMILES string of the molecule is CC(C)CCOc1ccc(CNCc2nccs2)cc1. The van der Waals surface area contributed by atoms with Crippen LogP contribution in [0, 0.1) is 5.92 Å². The third-order valence-electron chi connectivity index (χ3n) is 2.98. The lowest BCUT2D eigenvalue weighted by molar-refractivity contribution is 0.289. The third kappa shape index (κ3) is 5.31. The lowest BCUT2D eigenvalue weighted by Crippen LogP contribution is -2.12. The zero-order valence-electron chi connectivity index (χ0n) is 12.1. The predicted molar refractivity (Wildman–Crippen MR) is 84.0 cm³/mol. The fraction of sp³-hybridized carbons (Fsp3) is 0.438. The van der Waals surface area contributed by atoms with Crippen molar-refractivity contribution in [2.45, 2.75) is 33.4 Å². The molecule has 1 aromatic carbocycles. The second-order valence-corrected chi connectivity index (χ2v) is 6.18. The predicted octanol–water partition coefficient (Wildman–Crippen LogP) is 3.86. The highest BCUT2D eigenvalue weighted by Crippen LogP contribution is 2.13. The van der Waals surface area contributed by atoms with Gasteiger partial charge in [-0.2, -0.15) is 0 Å². The van der Waals surface area contributed by atoms with Crippen LogP contribution in [0.1, 0.15) is 30.8 Å². The number of ether oxygens (including phenoxy) is 1. The fourth-order valence-corrected chi connectivity index (χ4v) is 2.36. The molecule has 20 heavy (non-hydrogen) atoms. The Morgan fingerprint density at radius 3 is 2.65 bits per heavy atom. The summed E-state index contributed by atoms with van der Waals surface area (Å²) in [5.41, 5.74) is 1.26. The minimum atomic E-state index is 0.685. The van der Waals surface area contributed by atoms with Gasteiger partial charge in [0.1, 0.15) is 10.8 Å². The quantitative estimate of drug-likeness (QED) is 0.801. The van der Waals surface area contributed by atoms with E-state index < -0.39 is 0 Å². The van der Waals surface area contributed by atoms with Crippen molar-refractivity contribution in [2.24, 2.45) is 5.92 Å². The molecule has 3 nitrogen and oxygen atoms in total. The van der Waals surface area contributed by atoms with Gasteiger partial charge in [-0.05, 0) is 30.0 Å². The first-order valence-corrected chi connectivity index (χ1v) is 7.93. The molecule has 4 heteroatoms. The molecule has 0 saturated heterocycles. The van der Waals surface area contributed by atoms with E-state index in [0.29, 0.717) is 5.92 Å². The van der Waals surface area contributed by atoms with E-state index in [1.165, 1.54) is 5.56 Å². The van der Waals surface area contributed by atoms with E-state index in [1.54, 1.807) is 11.3 Å². The summed E-state index contributed by atoms with van der Waals surface area (Å²) >= 11 is 1.68. The molecule has 1 aromatic heterocycles. The number of rotatable bonds is 8. The smallest absolute Gasteiger partial charge is 0.119 e. The lowest BCUT2D eigenvalue weighted by Gasteiger charge is -2.09. The fourth-order valence-electron chi connectivity index (χ4n) is 1.77. The van der Waals surface area contributed by atoms with E-state index in [-0.39, 0.29) is 0 Å². The number of hydrogen-bond donors (Lipinski definition) is 1. The Kier molecular flexibility index (Phi) is 6.02. The standard InChI is InChI=1S/C16H22N2OS/c1-13(2)7-9-19-15-5-3-14(4-6-15)11-17-12-16-18-8-10-20-16/h3-6,8,10,13,17H,7,9,11-12H2,1-2H3. The van der Waals surface area contributed by atoms with E-state index in [4.69, 9.17) is 4.74 Å². The topological polar surface area (TPSA) is 34.1 Å². The van der Waals surface area contributed by atoms with Crippen LogP contribution in [0.15, 0.2) is 35.8 Å². The van der Waals surface area contributed by atoms with Gasteiger partial charge in [-0.1, -0.05) is 26.0 Å². The highest BCUT2D eigenvalue weighted by atomic mass is 32.1. The molecule has 0 radical (unpaired) electrons. The molecule has 0 aliphatic carbocycles. The molecular formula is C16H22N2OS. The number of nitrogens with one attached hydrogen (secondary N) is 1. The highest BCUT2D eigenvalue weighted by molar-refractivity contribution is 7.09. The van der Waals surface area contributed by atoms with Gasteiger partial charge >= 0.3 is 0 Å². The summed E-state index contributed by atoms with van der Waals surface area (Å²) in [6.07, 6.45) is 2.93. The molecule has 2 aromatic rings. The molecule has 0 saturated carbocycles. The molecule has 2 rings (SSSR count). The second-order valence-electron chi connectivity index (χ2n) is 5.20. The Labute approximate surface area is 125 Å². The van der Waals surface area contributed by atoms with E-state index >= 15 is 0 Å². The Hall–Kier alpha value is -1.39. The van der Waals surface area contributed by atoms with Gasteiger partial charge in [0.2, 0.25) is 0 Å². The molecule has 0 amide bonds. The first kappa shape index (κ1) is 15.0. The van der Waals surface area contributed by atoms with Gasteiger partial charge in [0.05, 0.1) is 6.61 Å². The summed E-state index contributed by atoms with van der Waals surface area (Å²) in [4.78, 5) is 4.25. The molecule has 0 unspecified atom stereocenters. The Bertz CT molecular complexity index is 480. The van der Waals surface area contributed by atoms with E-state index in [2.05, 4.69) is 36.3 Å². The summed E-state index contributed by atoms with van der Waals surface area (Å²) in [7, 11) is 0. The number of hydrogen-bond acceptors (Lipinski definition) is 4. The number of benzene rings is 1. The minimum Gasteiger partial charge on any atom is -0.494 e. The molecule has 0 atom stereocenters. The Balaban J connectivity index is 1.71. The van der Waals surface area contributed by atoms with E-state index in [0.717, 1.165) is 36.9 Å². The van der Waals surface area contributed by atoms with Crippen LogP contribution in [0.25, 0.3) is 0 Å². The number of nitrogens with zero attached hydrogens (tertiary/aromatic N) is 1. The summed E-state index contributed by atoms with van der Waals surface area (Å²) in [5.74, 6) is 1.64. The van der Waals surface area contributed by atoms with Crippen LogP contribution in [0.3, 0.4) is 0 Å². The van der Waals surface area contributed by atoms with Crippen LogP contribution in [-0.4, -0.2) is 11.6 Å². The maximum Gasteiger partial charge on any atom is 0.119 e. The van der Waals surface area contributed by atoms with Crippen LogP contribution in [0.5, 0.6) is 5.75 Å².